The summed E-state index contributed by atoms with van der Waals surface area (Å²) in [7, 11) is 2.16. The lowest BCUT2D eigenvalue weighted by Crippen LogP contribution is -2.25. The molecule has 6 rings (SSSR count). The van der Waals surface area contributed by atoms with E-state index in [9.17, 15) is 4.79 Å². The third-order valence-electron chi connectivity index (χ3n) is 7.46. The van der Waals surface area contributed by atoms with Gasteiger partial charge in [0.25, 0.3) is 5.56 Å². The summed E-state index contributed by atoms with van der Waals surface area (Å²) in [5, 5.41) is 4.03. The molecule has 1 unspecified atom stereocenters. The zero-order valence-corrected chi connectivity index (χ0v) is 24.1. The molecule has 9 nitrogen and oxygen atoms in total. The van der Waals surface area contributed by atoms with Crippen molar-refractivity contribution < 1.29 is 0 Å². The summed E-state index contributed by atoms with van der Waals surface area (Å²) in [6.45, 7) is 6.48. The van der Waals surface area contributed by atoms with Crippen LogP contribution < -0.4 is 10.9 Å². The van der Waals surface area contributed by atoms with E-state index in [0.29, 0.717) is 34.2 Å². The third kappa shape index (κ3) is 5.73. The Kier molecular flexibility index (Phi) is 7.55. The number of fused-ring (bicyclic) bond motifs is 1. The number of likely N-dealkylation sites (tertiary alicyclic amines) is 1. The van der Waals surface area contributed by atoms with E-state index < -0.39 is 0 Å². The smallest absolute Gasteiger partial charge is 0.268 e. The molecule has 5 aromatic rings. The average Bonchev–Trinajstić information content (AvgIpc) is 3.62. The summed E-state index contributed by atoms with van der Waals surface area (Å²) < 4.78 is 1.64. The molecular weight excluding hydrogens is 532 g/mol. The van der Waals surface area contributed by atoms with Crippen molar-refractivity contribution in [3.05, 3.63) is 97.9 Å². The van der Waals surface area contributed by atoms with Crippen LogP contribution in [-0.2, 0) is 13.0 Å². The minimum absolute atomic E-state index is 0.237. The number of hydrogen-bond acceptors (Lipinski definition) is 9. The normalized spacial score (nSPS) is 15.1. The predicted octanol–water partition coefficient (Wildman–Crippen LogP) is 4.52. The van der Waals surface area contributed by atoms with Crippen molar-refractivity contribution in [3.8, 4) is 11.8 Å². The van der Waals surface area contributed by atoms with Gasteiger partial charge < -0.3 is 10.2 Å². The van der Waals surface area contributed by atoms with Gasteiger partial charge in [0.2, 0.25) is 5.95 Å². The molecule has 0 aliphatic carbocycles. The van der Waals surface area contributed by atoms with Crippen LogP contribution in [0, 0.1) is 18.8 Å². The zero-order valence-electron chi connectivity index (χ0n) is 23.3. The van der Waals surface area contributed by atoms with Crippen LogP contribution in [0.1, 0.15) is 52.2 Å². The molecule has 0 spiro atoms. The second-order valence-corrected chi connectivity index (χ2v) is 11.3. The van der Waals surface area contributed by atoms with Crippen molar-refractivity contribution in [2.45, 2.75) is 39.2 Å². The molecule has 41 heavy (non-hydrogen) atoms. The predicted molar refractivity (Wildman–Crippen MR) is 162 cm³/mol. The third-order valence-corrected chi connectivity index (χ3v) is 8.22. The van der Waals surface area contributed by atoms with Crippen molar-refractivity contribution in [2.24, 2.45) is 0 Å². The Labute approximate surface area is 242 Å². The van der Waals surface area contributed by atoms with Crippen molar-refractivity contribution >= 4 is 34.0 Å². The highest BCUT2D eigenvalue weighted by Gasteiger charge is 2.21. The van der Waals surface area contributed by atoms with Gasteiger partial charge >= 0.3 is 0 Å². The van der Waals surface area contributed by atoms with E-state index >= 15 is 0 Å². The largest absolute Gasteiger partial charge is 0.324 e. The van der Waals surface area contributed by atoms with Gasteiger partial charge in [-0.25, -0.2) is 19.9 Å². The Morgan fingerprint density at radius 3 is 2.71 bits per heavy atom. The number of aromatic nitrogens is 6. The van der Waals surface area contributed by atoms with Crippen LogP contribution in [0.3, 0.4) is 0 Å². The second-order valence-electron chi connectivity index (χ2n) is 10.3. The Balaban J connectivity index is 1.38. The monoisotopic (exact) mass is 562 g/mol. The fourth-order valence-electron chi connectivity index (χ4n) is 5.19. The van der Waals surface area contributed by atoms with Crippen molar-refractivity contribution in [3.63, 3.8) is 0 Å². The number of nitrogens with zero attached hydrogens (tertiary/aromatic N) is 7. The van der Waals surface area contributed by atoms with Gasteiger partial charge in [-0.2, -0.15) is 4.98 Å². The summed E-state index contributed by atoms with van der Waals surface area (Å²) in [6, 6.07) is 10.2. The Morgan fingerprint density at radius 1 is 1.12 bits per heavy atom. The highest BCUT2D eigenvalue weighted by molar-refractivity contribution is 7.09. The quantitative estimate of drug-likeness (QED) is 0.302. The SMILES string of the molecule is CCc1ncncc1Cn1c(=O)c(C#Cc2ncsc2C)cc2cnc(Nc3ccc(C4CCN(C)C4)cc3)nc21. The van der Waals surface area contributed by atoms with Crippen molar-refractivity contribution in [1.29, 1.82) is 0 Å². The van der Waals surface area contributed by atoms with Crippen molar-refractivity contribution in [2.75, 3.05) is 25.5 Å². The van der Waals surface area contributed by atoms with E-state index in [1.54, 1.807) is 28.5 Å². The number of pyridine rings is 1. The number of rotatable bonds is 6. The molecule has 0 saturated carbocycles. The molecule has 1 atom stereocenters. The van der Waals surface area contributed by atoms with Crippen LogP contribution in [0.2, 0.25) is 0 Å². The molecule has 1 aliphatic heterocycles. The molecular formula is C31H30N8OS. The molecule has 206 valence electrons. The number of likely N-dealkylation sites (N-methyl/N-ethyl adjacent to an activating group) is 1. The summed E-state index contributed by atoms with van der Waals surface area (Å²) in [6.07, 6.45) is 6.91. The first-order chi connectivity index (χ1) is 20.0. The van der Waals surface area contributed by atoms with Gasteiger partial charge in [0.1, 0.15) is 17.7 Å². The first kappa shape index (κ1) is 26.7. The Hall–Kier alpha value is -4.46. The van der Waals surface area contributed by atoms with Gasteiger partial charge in [-0.05, 0) is 69.0 Å². The number of hydrogen-bond donors (Lipinski definition) is 1. The van der Waals surface area contributed by atoms with Gasteiger partial charge in [0.05, 0.1) is 17.6 Å². The van der Waals surface area contributed by atoms with E-state index in [2.05, 4.69) is 73.3 Å². The fraction of sp³-hybridized carbons (Fsp3) is 0.290. The fourth-order valence-corrected chi connectivity index (χ4v) is 5.72. The molecule has 10 heteroatoms. The number of thiazole rings is 1. The lowest BCUT2D eigenvalue weighted by Gasteiger charge is -2.14. The van der Waals surface area contributed by atoms with Crippen LogP contribution >= 0.6 is 11.3 Å². The molecule has 4 aromatic heterocycles. The van der Waals surface area contributed by atoms with Gasteiger partial charge in [-0.15, -0.1) is 11.3 Å². The molecule has 0 radical (unpaired) electrons. The number of anilines is 2. The Bertz CT molecular complexity index is 1830. The van der Waals surface area contributed by atoms with E-state index in [1.807, 2.05) is 13.8 Å². The summed E-state index contributed by atoms with van der Waals surface area (Å²) in [5.41, 5.74) is 7.04. The molecule has 1 aliphatic rings. The molecule has 0 bridgehead atoms. The number of nitrogens with one attached hydrogen (secondary N) is 1. The minimum atomic E-state index is -0.237. The van der Waals surface area contributed by atoms with Gasteiger partial charge in [-0.1, -0.05) is 25.0 Å². The molecule has 5 heterocycles. The molecule has 0 amide bonds. The van der Waals surface area contributed by atoms with Crippen molar-refractivity contribution in [1.82, 2.24) is 34.4 Å². The first-order valence-corrected chi connectivity index (χ1v) is 14.5. The summed E-state index contributed by atoms with van der Waals surface area (Å²) >= 11 is 1.52. The highest BCUT2D eigenvalue weighted by atomic mass is 32.1. The molecule has 1 saturated heterocycles. The maximum absolute atomic E-state index is 13.8. The topological polar surface area (TPSA) is 102 Å². The lowest BCUT2D eigenvalue weighted by molar-refractivity contribution is 0.411. The van der Waals surface area contributed by atoms with Gasteiger partial charge in [-0.3, -0.25) is 9.36 Å². The maximum atomic E-state index is 13.8. The Morgan fingerprint density at radius 2 is 1.98 bits per heavy atom. The molecule has 1 fully saturated rings. The van der Waals surface area contributed by atoms with Crippen LogP contribution in [0.25, 0.3) is 11.0 Å². The first-order valence-electron chi connectivity index (χ1n) is 13.6. The van der Waals surface area contributed by atoms with Crippen LogP contribution in [0.15, 0.2) is 59.4 Å². The number of benzene rings is 1. The summed E-state index contributed by atoms with van der Waals surface area (Å²) in [4.78, 5) is 39.4. The van der Waals surface area contributed by atoms with Crippen LogP contribution in [-0.4, -0.2) is 54.5 Å². The standard InChI is InChI=1S/C31H30N8OS/c1-4-27-25(14-32-18-34-27)17-39-29-24(13-22(30(39)40)7-10-28-20(2)41-19-35-28)15-33-31(37-29)36-26-8-5-21(6-9-26)23-11-12-38(3)16-23/h5-6,8-9,13-15,18-19,23H,4,11-12,16-17H2,1-3H3,(H,33,36,37). The average molecular weight is 563 g/mol. The van der Waals surface area contributed by atoms with E-state index in [4.69, 9.17) is 4.98 Å². The number of aryl methyl sites for hydroxylation is 2. The maximum Gasteiger partial charge on any atom is 0.268 e. The van der Waals surface area contributed by atoms with E-state index in [0.717, 1.165) is 41.3 Å². The van der Waals surface area contributed by atoms with Gasteiger partial charge in [0.15, 0.2) is 0 Å². The lowest BCUT2D eigenvalue weighted by atomic mass is 9.98. The van der Waals surface area contributed by atoms with E-state index in [-0.39, 0.29) is 12.1 Å². The second kappa shape index (κ2) is 11.6. The highest BCUT2D eigenvalue weighted by Crippen LogP contribution is 2.27. The minimum Gasteiger partial charge on any atom is -0.324 e. The molecule has 1 aromatic carbocycles. The zero-order chi connectivity index (χ0) is 28.3. The van der Waals surface area contributed by atoms with Crippen LogP contribution in [0.4, 0.5) is 11.6 Å². The van der Waals surface area contributed by atoms with Crippen LogP contribution in [0.5, 0.6) is 0 Å². The van der Waals surface area contributed by atoms with E-state index in [1.165, 1.54) is 29.6 Å². The summed E-state index contributed by atoms with van der Waals surface area (Å²) in [5.74, 6) is 7.07. The molecule has 1 N–H and O–H groups in total. The van der Waals surface area contributed by atoms with Gasteiger partial charge in [0, 0.05) is 46.1 Å².